The molecule has 26 heavy (non-hydrogen) atoms. The Balaban J connectivity index is 1.30. The summed E-state index contributed by atoms with van der Waals surface area (Å²) in [4.78, 5) is 40.3. The summed E-state index contributed by atoms with van der Waals surface area (Å²) in [5, 5.41) is 2.34. The van der Waals surface area contributed by atoms with E-state index >= 15 is 0 Å². The van der Waals surface area contributed by atoms with Crippen LogP contribution in [0, 0.1) is 11.8 Å². The molecule has 2 unspecified atom stereocenters. The number of piperidine rings is 2. The van der Waals surface area contributed by atoms with Gasteiger partial charge in [0, 0.05) is 44.2 Å². The zero-order valence-corrected chi connectivity index (χ0v) is 14.5. The summed E-state index contributed by atoms with van der Waals surface area (Å²) in [5.41, 5.74) is 8.76. The lowest BCUT2D eigenvalue weighted by molar-refractivity contribution is -0.136. The van der Waals surface area contributed by atoms with Crippen molar-refractivity contribution in [2.75, 3.05) is 13.1 Å². The van der Waals surface area contributed by atoms with Crippen LogP contribution >= 0.6 is 0 Å². The molecule has 1 aromatic carbocycles. The number of likely N-dealkylation sites (tertiary alicyclic amines) is 1. The Kier molecular flexibility index (Phi) is 3.45. The van der Waals surface area contributed by atoms with Crippen molar-refractivity contribution in [3.8, 4) is 0 Å². The molecule has 4 aliphatic rings. The highest BCUT2D eigenvalue weighted by molar-refractivity contribution is 6.05. The van der Waals surface area contributed by atoms with Crippen LogP contribution in [0.5, 0.6) is 0 Å². The first-order valence-electron chi connectivity index (χ1n) is 9.25. The van der Waals surface area contributed by atoms with Gasteiger partial charge in [-0.05, 0) is 35.4 Å². The van der Waals surface area contributed by atoms with Gasteiger partial charge in [-0.3, -0.25) is 24.6 Å². The molecule has 0 bridgehead atoms. The van der Waals surface area contributed by atoms with Crippen LogP contribution in [0.2, 0.25) is 0 Å². The van der Waals surface area contributed by atoms with Gasteiger partial charge in [-0.15, -0.1) is 0 Å². The van der Waals surface area contributed by atoms with Gasteiger partial charge in [0.1, 0.15) is 6.04 Å². The van der Waals surface area contributed by atoms with Gasteiger partial charge in [-0.2, -0.15) is 0 Å². The zero-order valence-electron chi connectivity index (χ0n) is 14.5. The third kappa shape index (κ3) is 2.46. The Morgan fingerprint density at radius 3 is 2.65 bits per heavy atom. The summed E-state index contributed by atoms with van der Waals surface area (Å²) in [5.74, 6) is 0.558. The number of nitrogens with one attached hydrogen (secondary N) is 1. The van der Waals surface area contributed by atoms with E-state index in [1.165, 1.54) is 0 Å². The number of carbonyl (C=O) groups excluding carboxylic acids is 3. The van der Waals surface area contributed by atoms with Gasteiger partial charge in [-0.1, -0.05) is 12.1 Å². The fourth-order valence-electron chi connectivity index (χ4n) is 4.75. The minimum atomic E-state index is -0.553. The van der Waals surface area contributed by atoms with Crippen LogP contribution in [-0.2, 0) is 22.7 Å². The van der Waals surface area contributed by atoms with Crippen LogP contribution in [-0.4, -0.2) is 52.7 Å². The minimum absolute atomic E-state index is 0.109. The summed E-state index contributed by atoms with van der Waals surface area (Å²) in [6.07, 6.45) is 0.676. The standard InChI is InChI=1S/C19H22N4O3/c20-17-13-8-22(9-14(13)17)6-10-1-2-11-7-23(19(26)12(11)5-10)15-3-4-16(24)21-18(15)25/h1-2,5,13-15,17H,3-4,6-9,20H2,(H,21,24,25)/t13-,14+,15?,17?. The quantitative estimate of drug-likeness (QED) is 0.735. The van der Waals surface area contributed by atoms with Crippen LogP contribution in [0.4, 0.5) is 0 Å². The summed E-state index contributed by atoms with van der Waals surface area (Å²) >= 11 is 0. The summed E-state index contributed by atoms with van der Waals surface area (Å²) in [6, 6.07) is 5.87. The summed E-state index contributed by atoms with van der Waals surface area (Å²) in [6.45, 7) is 3.35. The molecule has 5 rings (SSSR count). The molecule has 3 amide bonds. The number of fused-ring (bicyclic) bond motifs is 2. The molecule has 3 heterocycles. The molecule has 7 nitrogen and oxygen atoms in total. The third-order valence-electron chi connectivity index (χ3n) is 6.33. The van der Waals surface area contributed by atoms with Crippen LogP contribution in [0.15, 0.2) is 18.2 Å². The lowest BCUT2D eigenvalue weighted by atomic mass is 10.0. The highest BCUT2D eigenvalue weighted by Crippen LogP contribution is 2.44. The third-order valence-corrected chi connectivity index (χ3v) is 6.33. The minimum Gasteiger partial charge on any atom is -0.327 e. The average molecular weight is 354 g/mol. The summed E-state index contributed by atoms with van der Waals surface area (Å²) in [7, 11) is 0. The van der Waals surface area contributed by atoms with Crippen molar-refractivity contribution in [3.63, 3.8) is 0 Å². The SMILES string of the molecule is NC1[C@H]2CN(Cc3ccc4c(c3)C(=O)N(C3CCC(=O)NC3=O)C4)C[C@@H]12. The number of rotatable bonds is 3. The zero-order chi connectivity index (χ0) is 18.0. The monoisotopic (exact) mass is 354 g/mol. The van der Waals surface area contributed by atoms with Crippen molar-refractivity contribution in [1.82, 2.24) is 15.1 Å². The molecule has 2 saturated heterocycles. The lowest BCUT2D eigenvalue weighted by Crippen LogP contribution is -2.52. The molecule has 136 valence electrons. The maximum Gasteiger partial charge on any atom is 0.255 e. The van der Waals surface area contributed by atoms with Crippen LogP contribution in [0.3, 0.4) is 0 Å². The van der Waals surface area contributed by atoms with Gasteiger partial charge in [0.05, 0.1) is 0 Å². The largest absolute Gasteiger partial charge is 0.327 e. The lowest BCUT2D eigenvalue weighted by Gasteiger charge is -2.29. The van der Waals surface area contributed by atoms with Crippen LogP contribution < -0.4 is 11.1 Å². The Labute approximate surface area is 151 Å². The molecule has 0 radical (unpaired) electrons. The number of imide groups is 1. The van der Waals surface area contributed by atoms with Crippen LogP contribution in [0.25, 0.3) is 0 Å². The number of nitrogens with two attached hydrogens (primary N) is 1. The Morgan fingerprint density at radius 2 is 1.92 bits per heavy atom. The van der Waals surface area contributed by atoms with Crippen molar-refractivity contribution in [1.29, 1.82) is 0 Å². The smallest absolute Gasteiger partial charge is 0.255 e. The van der Waals surface area contributed by atoms with Gasteiger partial charge in [0.15, 0.2) is 0 Å². The molecule has 7 heteroatoms. The van der Waals surface area contributed by atoms with E-state index in [9.17, 15) is 14.4 Å². The number of hydrogen-bond acceptors (Lipinski definition) is 5. The van der Waals surface area contributed by atoms with Gasteiger partial charge in [0.25, 0.3) is 5.91 Å². The fraction of sp³-hybridized carbons (Fsp3) is 0.526. The maximum absolute atomic E-state index is 12.8. The molecule has 1 aromatic rings. The Bertz CT molecular complexity index is 811. The number of nitrogens with zero attached hydrogens (tertiary/aromatic N) is 2. The van der Waals surface area contributed by atoms with Crippen LogP contribution in [0.1, 0.15) is 34.3 Å². The number of hydrogen-bond donors (Lipinski definition) is 2. The molecular formula is C19H22N4O3. The molecule has 3 fully saturated rings. The second kappa shape index (κ2) is 5.62. The first-order valence-corrected chi connectivity index (χ1v) is 9.25. The van der Waals surface area contributed by atoms with E-state index in [1.54, 1.807) is 4.90 Å². The van der Waals surface area contributed by atoms with Crippen molar-refractivity contribution < 1.29 is 14.4 Å². The number of carbonyl (C=O) groups is 3. The van der Waals surface area contributed by atoms with Crippen molar-refractivity contribution in [3.05, 3.63) is 34.9 Å². The molecule has 0 aromatic heterocycles. The predicted molar refractivity (Wildman–Crippen MR) is 92.7 cm³/mol. The van der Waals surface area contributed by atoms with Crippen molar-refractivity contribution in [2.45, 2.75) is 38.0 Å². The molecular weight excluding hydrogens is 332 g/mol. The Hall–Kier alpha value is -2.25. The fourth-order valence-corrected chi connectivity index (χ4v) is 4.75. The number of benzene rings is 1. The van der Waals surface area contributed by atoms with E-state index in [4.69, 9.17) is 5.73 Å². The average Bonchev–Trinajstić information content (AvgIpc) is 2.97. The van der Waals surface area contributed by atoms with E-state index in [1.807, 2.05) is 12.1 Å². The molecule has 1 saturated carbocycles. The molecule has 0 spiro atoms. The predicted octanol–water partition coefficient (Wildman–Crippen LogP) is -0.163. The molecule has 1 aliphatic carbocycles. The van der Waals surface area contributed by atoms with Crippen molar-refractivity contribution in [2.24, 2.45) is 17.6 Å². The Morgan fingerprint density at radius 1 is 1.15 bits per heavy atom. The van der Waals surface area contributed by atoms with E-state index in [0.29, 0.717) is 36.4 Å². The van der Waals surface area contributed by atoms with Gasteiger partial charge in [-0.25, -0.2) is 0 Å². The highest BCUT2D eigenvalue weighted by Gasteiger charge is 2.53. The highest BCUT2D eigenvalue weighted by atomic mass is 16.2. The second-order valence-electron chi connectivity index (χ2n) is 7.99. The number of amides is 3. The van der Waals surface area contributed by atoms with Crippen molar-refractivity contribution >= 4 is 17.7 Å². The molecule has 3 N–H and O–H groups in total. The van der Waals surface area contributed by atoms with Gasteiger partial charge in [0.2, 0.25) is 11.8 Å². The first-order chi connectivity index (χ1) is 12.5. The van der Waals surface area contributed by atoms with E-state index in [2.05, 4.69) is 16.3 Å². The second-order valence-corrected chi connectivity index (χ2v) is 7.99. The maximum atomic E-state index is 12.8. The topological polar surface area (TPSA) is 95.7 Å². The molecule has 3 aliphatic heterocycles. The van der Waals surface area contributed by atoms with Gasteiger partial charge < -0.3 is 10.6 Å². The normalized spacial score (nSPS) is 33.3. The first kappa shape index (κ1) is 16.0. The molecule has 4 atom stereocenters. The van der Waals surface area contributed by atoms with E-state index in [-0.39, 0.29) is 24.1 Å². The van der Waals surface area contributed by atoms with Gasteiger partial charge >= 0.3 is 0 Å². The van der Waals surface area contributed by atoms with E-state index < -0.39 is 6.04 Å². The van der Waals surface area contributed by atoms with E-state index in [0.717, 1.165) is 30.8 Å². The summed E-state index contributed by atoms with van der Waals surface area (Å²) < 4.78 is 0.